The number of rotatable bonds is 2. The molecule has 0 fully saturated rings. The van der Waals surface area contributed by atoms with E-state index < -0.39 is 17.5 Å². The van der Waals surface area contributed by atoms with Crippen LogP contribution < -0.4 is 5.32 Å². The van der Waals surface area contributed by atoms with Gasteiger partial charge in [0, 0.05) is 16.2 Å². The summed E-state index contributed by atoms with van der Waals surface area (Å²) in [6, 6.07) is 8.22. The second kappa shape index (κ2) is 5.48. The number of aryl methyl sites for hydroxylation is 1. The maximum Gasteiger partial charge on any atom is 0.258 e. The van der Waals surface area contributed by atoms with Gasteiger partial charge in [-0.05, 0) is 36.8 Å². The van der Waals surface area contributed by atoms with Gasteiger partial charge in [0.2, 0.25) is 0 Å². The van der Waals surface area contributed by atoms with E-state index in [2.05, 4.69) is 21.2 Å². The lowest BCUT2D eigenvalue weighted by Gasteiger charge is -2.09. The van der Waals surface area contributed by atoms with E-state index in [1.165, 1.54) is 0 Å². The summed E-state index contributed by atoms with van der Waals surface area (Å²) < 4.78 is 27.0. The highest BCUT2D eigenvalue weighted by atomic mass is 79.9. The van der Waals surface area contributed by atoms with Crippen LogP contribution in [0.15, 0.2) is 40.9 Å². The molecule has 0 heterocycles. The molecule has 0 aromatic heterocycles. The number of nitrogens with one attached hydrogen (secondary N) is 1. The topological polar surface area (TPSA) is 29.1 Å². The highest BCUT2D eigenvalue weighted by molar-refractivity contribution is 9.10. The van der Waals surface area contributed by atoms with Crippen LogP contribution in [-0.4, -0.2) is 5.91 Å². The van der Waals surface area contributed by atoms with E-state index in [-0.39, 0.29) is 5.56 Å². The molecule has 5 heteroatoms. The lowest BCUT2D eigenvalue weighted by Crippen LogP contribution is -2.14. The normalized spacial score (nSPS) is 10.3. The van der Waals surface area contributed by atoms with Gasteiger partial charge in [0.15, 0.2) is 0 Å². The second-order valence-electron chi connectivity index (χ2n) is 4.04. The fraction of sp³-hybridized carbons (Fsp3) is 0.0714. The Kier molecular flexibility index (Phi) is 3.95. The molecule has 19 heavy (non-hydrogen) atoms. The van der Waals surface area contributed by atoms with Gasteiger partial charge in [-0.2, -0.15) is 0 Å². The minimum atomic E-state index is -0.884. The van der Waals surface area contributed by atoms with Gasteiger partial charge < -0.3 is 5.32 Å². The molecule has 2 aromatic rings. The van der Waals surface area contributed by atoms with Gasteiger partial charge in [0.1, 0.15) is 11.6 Å². The first kappa shape index (κ1) is 13.7. The maximum absolute atomic E-state index is 13.5. The molecule has 0 aliphatic carbocycles. The summed E-state index contributed by atoms with van der Waals surface area (Å²) in [5.74, 6) is -2.21. The average molecular weight is 326 g/mol. The van der Waals surface area contributed by atoms with Crippen molar-refractivity contribution in [2.45, 2.75) is 6.92 Å². The molecule has 1 amide bonds. The summed E-state index contributed by atoms with van der Waals surface area (Å²) >= 11 is 3.29. The Bertz CT molecular complexity index is 643. The molecule has 0 aliphatic heterocycles. The van der Waals surface area contributed by atoms with Crippen molar-refractivity contribution in [1.29, 1.82) is 0 Å². The number of hydrogen-bond acceptors (Lipinski definition) is 1. The first-order chi connectivity index (χ1) is 8.97. The van der Waals surface area contributed by atoms with E-state index in [0.717, 1.165) is 22.2 Å². The highest BCUT2D eigenvalue weighted by Crippen LogP contribution is 2.21. The van der Waals surface area contributed by atoms with Crippen LogP contribution in [0.25, 0.3) is 0 Å². The van der Waals surface area contributed by atoms with Crippen LogP contribution in [0.2, 0.25) is 0 Å². The molecular weight excluding hydrogens is 316 g/mol. The third-order valence-corrected chi connectivity index (χ3v) is 3.12. The minimum absolute atomic E-state index is 0.194. The monoisotopic (exact) mass is 325 g/mol. The van der Waals surface area contributed by atoms with Crippen molar-refractivity contribution in [2.75, 3.05) is 5.32 Å². The number of amides is 1. The molecule has 0 spiro atoms. The quantitative estimate of drug-likeness (QED) is 0.876. The Morgan fingerprint density at radius 1 is 1.16 bits per heavy atom. The van der Waals surface area contributed by atoms with Crippen LogP contribution in [0.1, 0.15) is 15.9 Å². The third-order valence-electron chi connectivity index (χ3n) is 2.62. The van der Waals surface area contributed by atoms with Crippen molar-refractivity contribution in [2.24, 2.45) is 0 Å². The van der Waals surface area contributed by atoms with Crippen LogP contribution in [0.4, 0.5) is 14.5 Å². The van der Waals surface area contributed by atoms with Crippen LogP contribution in [-0.2, 0) is 0 Å². The first-order valence-corrected chi connectivity index (χ1v) is 6.29. The predicted octanol–water partition coefficient (Wildman–Crippen LogP) is 4.29. The van der Waals surface area contributed by atoms with E-state index in [4.69, 9.17) is 0 Å². The van der Waals surface area contributed by atoms with E-state index in [9.17, 15) is 13.6 Å². The summed E-state index contributed by atoms with van der Waals surface area (Å²) in [5, 5.41) is 2.60. The molecule has 0 unspecified atom stereocenters. The fourth-order valence-corrected chi connectivity index (χ4v) is 1.95. The Morgan fingerprint density at radius 2 is 1.89 bits per heavy atom. The number of anilines is 1. The molecule has 0 bridgehead atoms. The Balaban J connectivity index is 2.28. The third kappa shape index (κ3) is 3.17. The second-order valence-corrected chi connectivity index (χ2v) is 4.95. The summed E-state index contributed by atoms with van der Waals surface area (Å²) in [5.41, 5.74) is 1.22. The Labute approximate surface area is 117 Å². The van der Waals surface area contributed by atoms with Crippen LogP contribution >= 0.6 is 15.9 Å². The predicted molar refractivity (Wildman–Crippen MR) is 73.2 cm³/mol. The van der Waals surface area contributed by atoms with Crippen molar-refractivity contribution in [3.8, 4) is 0 Å². The zero-order valence-corrected chi connectivity index (χ0v) is 11.6. The average Bonchev–Trinajstić information content (AvgIpc) is 2.33. The van der Waals surface area contributed by atoms with E-state index in [0.29, 0.717) is 11.8 Å². The van der Waals surface area contributed by atoms with Crippen LogP contribution in [0.5, 0.6) is 0 Å². The van der Waals surface area contributed by atoms with Gasteiger partial charge in [-0.1, -0.05) is 22.0 Å². The lowest BCUT2D eigenvalue weighted by atomic mass is 10.1. The van der Waals surface area contributed by atoms with Crippen molar-refractivity contribution >= 4 is 27.5 Å². The molecule has 1 N–H and O–H groups in total. The molecule has 2 aromatic carbocycles. The summed E-state index contributed by atoms with van der Waals surface area (Å²) in [6.45, 7) is 1.82. The Morgan fingerprint density at radius 3 is 2.58 bits per heavy atom. The molecule has 2 nitrogen and oxygen atoms in total. The number of halogens is 3. The molecule has 98 valence electrons. The number of carbonyl (C=O) groups excluding carboxylic acids is 1. The van der Waals surface area contributed by atoms with E-state index >= 15 is 0 Å². The van der Waals surface area contributed by atoms with Gasteiger partial charge in [-0.25, -0.2) is 8.78 Å². The zero-order chi connectivity index (χ0) is 14.0. The lowest BCUT2D eigenvalue weighted by molar-refractivity contribution is 0.102. The first-order valence-electron chi connectivity index (χ1n) is 5.50. The van der Waals surface area contributed by atoms with Gasteiger partial charge >= 0.3 is 0 Å². The Hall–Kier alpha value is -1.75. The maximum atomic E-state index is 13.5. The van der Waals surface area contributed by atoms with E-state index in [1.807, 2.05) is 19.1 Å². The van der Waals surface area contributed by atoms with E-state index in [1.54, 1.807) is 6.07 Å². The molecular formula is C14H10BrF2NO. The molecule has 0 saturated carbocycles. The highest BCUT2D eigenvalue weighted by Gasteiger charge is 2.13. The molecule has 0 saturated heterocycles. The molecule has 0 aliphatic rings. The van der Waals surface area contributed by atoms with Crippen LogP contribution in [0, 0.1) is 18.6 Å². The summed E-state index contributed by atoms with van der Waals surface area (Å²) in [6.07, 6.45) is 0. The van der Waals surface area contributed by atoms with Crippen molar-refractivity contribution in [1.82, 2.24) is 0 Å². The van der Waals surface area contributed by atoms with Crippen molar-refractivity contribution < 1.29 is 13.6 Å². The SMILES string of the molecule is Cc1ccc(Br)cc1NC(=O)c1ccc(F)cc1F. The van der Waals surface area contributed by atoms with Gasteiger partial charge in [-0.3, -0.25) is 4.79 Å². The summed E-state index contributed by atoms with van der Waals surface area (Å²) in [7, 11) is 0. The van der Waals surface area contributed by atoms with Gasteiger partial charge in [0.05, 0.1) is 5.56 Å². The number of benzene rings is 2. The van der Waals surface area contributed by atoms with Crippen LogP contribution in [0.3, 0.4) is 0 Å². The van der Waals surface area contributed by atoms with Crippen molar-refractivity contribution in [3.05, 3.63) is 63.6 Å². The molecule has 2 rings (SSSR count). The smallest absolute Gasteiger partial charge is 0.258 e. The standard InChI is InChI=1S/C14H10BrF2NO/c1-8-2-3-9(15)6-13(8)18-14(19)11-5-4-10(16)7-12(11)17/h2-7H,1H3,(H,18,19). The number of carbonyl (C=O) groups is 1. The van der Waals surface area contributed by atoms with Gasteiger partial charge in [-0.15, -0.1) is 0 Å². The fourth-order valence-electron chi connectivity index (χ4n) is 1.59. The minimum Gasteiger partial charge on any atom is -0.322 e. The molecule has 0 atom stereocenters. The number of hydrogen-bond donors (Lipinski definition) is 1. The summed E-state index contributed by atoms with van der Waals surface area (Å²) in [4.78, 5) is 11.9. The molecule has 0 radical (unpaired) electrons. The van der Waals surface area contributed by atoms with Crippen molar-refractivity contribution in [3.63, 3.8) is 0 Å². The largest absolute Gasteiger partial charge is 0.322 e. The zero-order valence-electron chi connectivity index (χ0n) is 10.0. The van der Waals surface area contributed by atoms with Gasteiger partial charge in [0.25, 0.3) is 5.91 Å².